The van der Waals surface area contributed by atoms with Crippen LogP contribution in [0.25, 0.3) is 0 Å². The molecule has 0 atom stereocenters. The van der Waals surface area contributed by atoms with Gasteiger partial charge in [-0.3, -0.25) is 9.59 Å². The molecule has 0 unspecified atom stereocenters. The second kappa shape index (κ2) is 8.50. The summed E-state index contributed by atoms with van der Waals surface area (Å²) in [5.74, 6) is -0.800. The number of anilines is 1. The van der Waals surface area contributed by atoms with Crippen molar-refractivity contribution in [2.24, 2.45) is 5.73 Å². The van der Waals surface area contributed by atoms with Gasteiger partial charge in [-0.15, -0.1) is 0 Å². The van der Waals surface area contributed by atoms with Crippen molar-refractivity contribution in [3.63, 3.8) is 0 Å². The van der Waals surface area contributed by atoms with Crippen LogP contribution in [-0.2, 0) is 9.53 Å². The van der Waals surface area contributed by atoms with Crippen LogP contribution in [0.4, 0.5) is 5.69 Å². The van der Waals surface area contributed by atoms with E-state index in [4.69, 9.17) is 10.5 Å². The highest BCUT2D eigenvalue weighted by Crippen LogP contribution is 2.09. The first-order valence-corrected chi connectivity index (χ1v) is 6.28. The maximum Gasteiger partial charge on any atom is 0.250 e. The number of ether oxygens (including phenoxy) is 1. The van der Waals surface area contributed by atoms with Gasteiger partial charge in [0.15, 0.2) is 0 Å². The summed E-state index contributed by atoms with van der Waals surface area (Å²) in [6.45, 7) is 7.41. The maximum absolute atomic E-state index is 11.7. The molecular weight excluding hydrogens is 268 g/mol. The third kappa shape index (κ3) is 5.88. The molecule has 0 bridgehead atoms. The summed E-state index contributed by atoms with van der Waals surface area (Å²) in [5.41, 5.74) is 6.92. The van der Waals surface area contributed by atoms with Crippen LogP contribution in [0.1, 0.15) is 10.4 Å². The van der Waals surface area contributed by atoms with Crippen LogP contribution in [-0.4, -0.2) is 25.0 Å². The molecule has 3 N–H and O–H groups in total. The molecule has 1 aromatic carbocycles. The highest BCUT2D eigenvalue weighted by atomic mass is 16.5. The number of nitrogens with one attached hydrogen (secondary N) is 1. The summed E-state index contributed by atoms with van der Waals surface area (Å²) in [6.07, 6.45) is 5.02. The van der Waals surface area contributed by atoms with Gasteiger partial charge in [0.05, 0.1) is 6.61 Å². The SMILES string of the molecule is C=C/C=C(\C=C)COCC(=O)Nc1ccc(C(N)=O)cc1. The smallest absolute Gasteiger partial charge is 0.250 e. The van der Waals surface area contributed by atoms with Crippen LogP contribution < -0.4 is 11.1 Å². The molecule has 110 valence electrons. The van der Waals surface area contributed by atoms with E-state index in [1.54, 1.807) is 42.5 Å². The van der Waals surface area contributed by atoms with Crippen LogP contribution in [0.3, 0.4) is 0 Å². The summed E-state index contributed by atoms with van der Waals surface area (Å²) < 4.78 is 5.26. The summed E-state index contributed by atoms with van der Waals surface area (Å²) in [5, 5.41) is 2.65. The number of benzene rings is 1. The Morgan fingerprint density at radius 2 is 1.86 bits per heavy atom. The molecule has 5 nitrogen and oxygen atoms in total. The summed E-state index contributed by atoms with van der Waals surface area (Å²) >= 11 is 0. The summed E-state index contributed by atoms with van der Waals surface area (Å²) in [7, 11) is 0. The van der Waals surface area contributed by atoms with E-state index in [1.165, 1.54) is 0 Å². The van der Waals surface area contributed by atoms with Crippen LogP contribution in [0, 0.1) is 0 Å². The van der Waals surface area contributed by atoms with Crippen molar-refractivity contribution in [2.45, 2.75) is 0 Å². The van der Waals surface area contributed by atoms with Gasteiger partial charge in [0.1, 0.15) is 6.61 Å². The number of allylic oxidation sites excluding steroid dienone is 2. The van der Waals surface area contributed by atoms with Gasteiger partial charge in [-0.05, 0) is 29.8 Å². The average molecular weight is 286 g/mol. The molecule has 5 heteroatoms. The Labute approximate surface area is 123 Å². The fraction of sp³-hybridized carbons (Fsp3) is 0.125. The zero-order valence-corrected chi connectivity index (χ0v) is 11.7. The van der Waals surface area contributed by atoms with E-state index in [9.17, 15) is 9.59 Å². The van der Waals surface area contributed by atoms with Gasteiger partial charge < -0.3 is 15.8 Å². The van der Waals surface area contributed by atoms with Crippen molar-refractivity contribution in [3.05, 3.63) is 66.8 Å². The van der Waals surface area contributed by atoms with Crippen molar-refractivity contribution in [2.75, 3.05) is 18.5 Å². The minimum Gasteiger partial charge on any atom is -0.367 e. The number of hydrogen-bond acceptors (Lipinski definition) is 3. The van der Waals surface area contributed by atoms with E-state index < -0.39 is 5.91 Å². The molecule has 0 saturated heterocycles. The van der Waals surface area contributed by atoms with Crippen LogP contribution >= 0.6 is 0 Å². The first kappa shape index (κ1) is 16.4. The minimum atomic E-state index is -0.512. The Hall–Kier alpha value is -2.66. The molecule has 0 spiro atoms. The van der Waals surface area contributed by atoms with Crippen molar-refractivity contribution in [1.82, 2.24) is 0 Å². The quantitative estimate of drug-likeness (QED) is 0.717. The topological polar surface area (TPSA) is 81.4 Å². The van der Waals surface area contributed by atoms with E-state index in [1.807, 2.05) is 0 Å². The van der Waals surface area contributed by atoms with Gasteiger partial charge in [0.2, 0.25) is 11.8 Å². The molecule has 0 aliphatic heterocycles. The van der Waals surface area contributed by atoms with Gasteiger partial charge in [0.25, 0.3) is 0 Å². The lowest BCUT2D eigenvalue weighted by Gasteiger charge is -2.07. The fourth-order valence-electron chi connectivity index (χ4n) is 1.50. The number of carbonyl (C=O) groups is 2. The second-order valence-electron chi connectivity index (χ2n) is 4.16. The summed E-state index contributed by atoms with van der Waals surface area (Å²) in [6, 6.07) is 6.29. The van der Waals surface area contributed by atoms with Crippen LogP contribution in [0.15, 0.2) is 61.2 Å². The van der Waals surface area contributed by atoms with Gasteiger partial charge in [0, 0.05) is 11.3 Å². The maximum atomic E-state index is 11.7. The van der Waals surface area contributed by atoms with Gasteiger partial charge >= 0.3 is 0 Å². The third-order valence-electron chi connectivity index (χ3n) is 2.55. The van der Waals surface area contributed by atoms with Crippen molar-refractivity contribution >= 4 is 17.5 Å². The van der Waals surface area contributed by atoms with E-state index >= 15 is 0 Å². The zero-order chi connectivity index (χ0) is 15.7. The third-order valence-corrected chi connectivity index (χ3v) is 2.55. The standard InChI is InChI=1S/C16H18N2O3/c1-3-5-12(4-2)10-21-11-15(19)18-14-8-6-13(7-9-14)16(17)20/h3-9H,1-2,10-11H2,(H2,17,20)(H,18,19)/b12-5+. The number of nitrogens with two attached hydrogens (primary N) is 1. The van der Waals surface area contributed by atoms with Gasteiger partial charge in [-0.1, -0.05) is 31.4 Å². The Bertz CT molecular complexity index is 559. The molecule has 0 aliphatic carbocycles. The van der Waals surface area contributed by atoms with E-state index in [-0.39, 0.29) is 19.1 Å². The largest absolute Gasteiger partial charge is 0.367 e. The predicted molar refractivity (Wildman–Crippen MR) is 82.9 cm³/mol. The van der Waals surface area contributed by atoms with Crippen LogP contribution in [0.5, 0.6) is 0 Å². The Balaban J connectivity index is 2.43. The molecular formula is C16H18N2O3. The molecule has 0 aromatic heterocycles. The number of carbonyl (C=O) groups excluding carboxylic acids is 2. The molecule has 2 amide bonds. The molecule has 21 heavy (non-hydrogen) atoms. The van der Waals surface area contributed by atoms with Crippen molar-refractivity contribution < 1.29 is 14.3 Å². The number of hydrogen-bond donors (Lipinski definition) is 2. The van der Waals surface area contributed by atoms with Crippen LogP contribution in [0.2, 0.25) is 0 Å². The second-order valence-corrected chi connectivity index (χ2v) is 4.16. The first-order chi connectivity index (χ1) is 10.1. The van der Waals surface area contributed by atoms with Crippen molar-refractivity contribution in [1.29, 1.82) is 0 Å². The molecule has 0 heterocycles. The van der Waals surface area contributed by atoms with Gasteiger partial charge in [-0.25, -0.2) is 0 Å². The minimum absolute atomic E-state index is 0.0834. The molecule has 0 saturated carbocycles. The highest BCUT2D eigenvalue weighted by molar-refractivity contribution is 5.95. The van der Waals surface area contributed by atoms with E-state index in [0.29, 0.717) is 11.3 Å². The predicted octanol–water partition coefficient (Wildman–Crippen LogP) is 2.04. The van der Waals surface area contributed by atoms with E-state index in [2.05, 4.69) is 18.5 Å². The Morgan fingerprint density at radius 1 is 1.19 bits per heavy atom. The lowest BCUT2D eigenvalue weighted by atomic mass is 10.2. The molecule has 1 rings (SSSR count). The molecule has 0 fully saturated rings. The lowest BCUT2D eigenvalue weighted by molar-refractivity contribution is -0.120. The fourth-order valence-corrected chi connectivity index (χ4v) is 1.50. The zero-order valence-electron chi connectivity index (χ0n) is 11.7. The number of primary amides is 1. The summed E-state index contributed by atoms with van der Waals surface area (Å²) in [4.78, 5) is 22.6. The molecule has 0 radical (unpaired) electrons. The average Bonchev–Trinajstić information content (AvgIpc) is 2.46. The molecule has 1 aromatic rings. The van der Waals surface area contributed by atoms with E-state index in [0.717, 1.165) is 5.57 Å². The Kier molecular flexibility index (Phi) is 6.63. The number of rotatable bonds is 8. The Morgan fingerprint density at radius 3 is 2.38 bits per heavy atom. The van der Waals surface area contributed by atoms with Gasteiger partial charge in [-0.2, -0.15) is 0 Å². The number of amides is 2. The van der Waals surface area contributed by atoms with Crippen molar-refractivity contribution in [3.8, 4) is 0 Å². The lowest BCUT2D eigenvalue weighted by Crippen LogP contribution is -2.19. The normalized spacial score (nSPS) is 10.8. The first-order valence-electron chi connectivity index (χ1n) is 6.28. The monoisotopic (exact) mass is 286 g/mol. The molecule has 0 aliphatic rings. The highest BCUT2D eigenvalue weighted by Gasteiger charge is 2.04.